The number of piperidine rings is 1. The van der Waals surface area contributed by atoms with E-state index in [0.29, 0.717) is 18.8 Å². The lowest BCUT2D eigenvalue weighted by Gasteiger charge is -2.33. The molecule has 1 aromatic heterocycles. The van der Waals surface area contributed by atoms with E-state index in [2.05, 4.69) is 0 Å². The summed E-state index contributed by atoms with van der Waals surface area (Å²) in [4.78, 5) is 28.6. The fraction of sp³-hybridized carbons (Fsp3) is 0.647. The molecule has 1 saturated heterocycles. The van der Waals surface area contributed by atoms with Crippen molar-refractivity contribution in [2.24, 2.45) is 11.7 Å². The smallest absolute Gasteiger partial charge is 0.223 e. The number of halogens is 1. The Bertz CT molecular complexity index is 549. The monoisotopic (exact) mass is 358 g/mol. The minimum absolute atomic E-state index is 0. The van der Waals surface area contributed by atoms with Gasteiger partial charge in [0.05, 0.1) is 0 Å². The van der Waals surface area contributed by atoms with Gasteiger partial charge in [-0.15, -0.1) is 23.7 Å². The molecule has 1 unspecified atom stereocenters. The quantitative estimate of drug-likeness (QED) is 0.821. The lowest BCUT2D eigenvalue weighted by atomic mass is 9.91. The summed E-state index contributed by atoms with van der Waals surface area (Å²) in [5, 5.41) is 0. The van der Waals surface area contributed by atoms with Crippen LogP contribution in [0, 0.1) is 19.8 Å². The zero-order chi connectivity index (χ0) is 16.3. The largest absolute Gasteiger partial charge is 0.343 e. The molecule has 2 rings (SSSR count). The average Bonchev–Trinajstić information content (AvgIpc) is 2.83. The minimum atomic E-state index is 0. The van der Waals surface area contributed by atoms with Gasteiger partial charge in [-0.25, -0.2) is 0 Å². The predicted octanol–water partition coefficient (Wildman–Crippen LogP) is 3.34. The Morgan fingerprint density at radius 1 is 1.30 bits per heavy atom. The number of carbonyl (C=O) groups excluding carboxylic acids is 2. The van der Waals surface area contributed by atoms with E-state index in [0.717, 1.165) is 41.2 Å². The fourth-order valence-electron chi connectivity index (χ4n) is 3.10. The molecule has 1 aliphatic heterocycles. The van der Waals surface area contributed by atoms with Crippen LogP contribution in [0.2, 0.25) is 0 Å². The van der Waals surface area contributed by atoms with Crippen molar-refractivity contribution in [2.75, 3.05) is 13.1 Å². The van der Waals surface area contributed by atoms with E-state index >= 15 is 0 Å². The SMILES string of the molecule is Cc1cc(C(=O)CCC(=O)N2CCC(C(C)N)CC2)c(C)s1.Cl. The third-order valence-corrected chi connectivity index (χ3v) is 5.51. The van der Waals surface area contributed by atoms with Crippen molar-refractivity contribution in [2.45, 2.75) is 52.5 Å². The number of ketones is 1. The van der Waals surface area contributed by atoms with Gasteiger partial charge >= 0.3 is 0 Å². The Morgan fingerprint density at radius 2 is 1.91 bits per heavy atom. The molecule has 6 heteroatoms. The van der Waals surface area contributed by atoms with Crippen molar-refractivity contribution < 1.29 is 9.59 Å². The van der Waals surface area contributed by atoms with E-state index in [-0.39, 0.29) is 30.1 Å². The third kappa shape index (κ3) is 5.30. The molecule has 4 nitrogen and oxygen atoms in total. The first-order valence-electron chi connectivity index (χ1n) is 8.02. The summed E-state index contributed by atoms with van der Waals surface area (Å²) in [5.41, 5.74) is 6.70. The standard InChI is InChI=1S/C17H26N2O2S.ClH/c1-11-10-15(13(3)22-11)16(20)4-5-17(21)19-8-6-14(7-9-19)12(2)18;/h10,12,14H,4-9,18H2,1-3H3;1H. The minimum Gasteiger partial charge on any atom is -0.343 e. The Morgan fingerprint density at radius 3 is 2.39 bits per heavy atom. The van der Waals surface area contributed by atoms with Crippen LogP contribution in [0.3, 0.4) is 0 Å². The first-order valence-corrected chi connectivity index (χ1v) is 8.83. The highest BCUT2D eigenvalue weighted by Crippen LogP contribution is 2.23. The van der Waals surface area contributed by atoms with E-state index in [9.17, 15) is 9.59 Å². The summed E-state index contributed by atoms with van der Waals surface area (Å²) >= 11 is 1.63. The summed E-state index contributed by atoms with van der Waals surface area (Å²) in [7, 11) is 0. The van der Waals surface area contributed by atoms with Crippen molar-refractivity contribution in [1.82, 2.24) is 4.90 Å². The maximum absolute atomic E-state index is 12.2. The van der Waals surface area contributed by atoms with Crippen LogP contribution in [-0.2, 0) is 4.79 Å². The molecule has 1 fully saturated rings. The first-order chi connectivity index (χ1) is 10.4. The number of carbonyl (C=O) groups is 2. The summed E-state index contributed by atoms with van der Waals surface area (Å²) in [6, 6.07) is 2.13. The Balaban J connectivity index is 0.00000264. The second-order valence-electron chi connectivity index (χ2n) is 6.33. The van der Waals surface area contributed by atoms with E-state index in [1.165, 1.54) is 0 Å². The fourth-order valence-corrected chi connectivity index (χ4v) is 4.04. The highest BCUT2D eigenvalue weighted by molar-refractivity contribution is 7.12. The van der Waals surface area contributed by atoms with Gasteiger partial charge in [0, 0.05) is 47.3 Å². The Kier molecular flexibility index (Phi) is 7.71. The molecule has 130 valence electrons. The van der Waals surface area contributed by atoms with Gasteiger partial charge in [0.2, 0.25) is 5.91 Å². The lowest BCUT2D eigenvalue weighted by molar-refractivity contribution is -0.132. The second-order valence-corrected chi connectivity index (χ2v) is 7.79. The van der Waals surface area contributed by atoms with Gasteiger partial charge in [-0.2, -0.15) is 0 Å². The zero-order valence-corrected chi connectivity index (χ0v) is 15.8. The topological polar surface area (TPSA) is 63.4 Å². The van der Waals surface area contributed by atoms with Gasteiger partial charge in [-0.05, 0) is 45.6 Å². The number of likely N-dealkylation sites (tertiary alicyclic amines) is 1. The van der Waals surface area contributed by atoms with E-state index in [1.807, 2.05) is 31.7 Å². The van der Waals surface area contributed by atoms with Crippen molar-refractivity contribution in [1.29, 1.82) is 0 Å². The van der Waals surface area contributed by atoms with Gasteiger partial charge in [0.15, 0.2) is 5.78 Å². The number of nitrogens with zero attached hydrogens (tertiary/aromatic N) is 1. The van der Waals surface area contributed by atoms with Gasteiger partial charge in [-0.1, -0.05) is 0 Å². The summed E-state index contributed by atoms with van der Waals surface area (Å²) in [6.45, 7) is 7.55. The maximum Gasteiger partial charge on any atom is 0.223 e. The Labute approximate surface area is 148 Å². The molecule has 0 radical (unpaired) electrons. The van der Waals surface area contributed by atoms with Crippen molar-refractivity contribution in [3.05, 3.63) is 21.4 Å². The molecule has 1 aromatic rings. The van der Waals surface area contributed by atoms with Crippen molar-refractivity contribution >= 4 is 35.4 Å². The molecule has 0 aliphatic carbocycles. The molecule has 1 aliphatic rings. The second kappa shape index (κ2) is 8.81. The number of rotatable bonds is 5. The molecule has 1 amide bonds. The number of thiophene rings is 1. The van der Waals surface area contributed by atoms with E-state index < -0.39 is 0 Å². The molecule has 0 aromatic carbocycles. The highest BCUT2D eigenvalue weighted by Gasteiger charge is 2.25. The van der Waals surface area contributed by atoms with Gasteiger partial charge < -0.3 is 10.6 Å². The van der Waals surface area contributed by atoms with Gasteiger partial charge in [-0.3, -0.25) is 9.59 Å². The Hall–Kier alpha value is -0.910. The van der Waals surface area contributed by atoms with Gasteiger partial charge in [0.25, 0.3) is 0 Å². The molecule has 0 saturated carbocycles. The van der Waals surface area contributed by atoms with Crippen LogP contribution in [0.15, 0.2) is 6.07 Å². The number of aryl methyl sites for hydroxylation is 2. The van der Waals surface area contributed by atoms with Crippen LogP contribution < -0.4 is 5.73 Å². The molecular weight excluding hydrogens is 332 g/mol. The molecule has 23 heavy (non-hydrogen) atoms. The average molecular weight is 359 g/mol. The summed E-state index contributed by atoms with van der Waals surface area (Å²) in [6.07, 6.45) is 2.57. The maximum atomic E-state index is 12.2. The van der Waals surface area contributed by atoms with Gasteiger partial charge in [0.1, 0.15) is 0 Å². The normalized spacial score (nSPS) is 16.8. The van der Waals surface area contributed by atoms with Crippen LogP contribution in [0.4, 0.5) is 0 Å². The molecule has 2 heterocycles. The van der Waals surface area contributed by atoms with Crippen LogP contribution in [0.5, 0.6) is 0 Å². The third-order valence-electron chi connectivity index (χ3n) is 4.54. The lowest BCUT2D eigenvalue weighted by Crippen LogP contribution is -2.42. The van der Waals surface area contributed by atoms with Crippen LogP contribution in [0.25, 0.3) is 0 Å². The van der Waals surface area contributed by atoms with Crippen molar-refractivity contribution in [3.8, 4) is 0 Å². The van der Waals surface area contributed by atoms with Crippen molar-refractivity contribution in [3.63, 3.8) is 0 Å². The molecule has 0 bridgehead atoms. The summed E-state index contributed by atoms with van der Waals surface area (Å²) in [5.74, 6) is 0.698. The number of hydrogen-bond acceptors (Lipinski definition) is 4. The number of Topliss-reactive ketones (excluding diaryl/α,β-unsaturated/α-hetero) is 1. The molecular formula is C17H27ClN2O2S. The number of hydrogen-bond donors (Lipinski definition) is 1. The van der Waals surface area contributed by atoms with Crippen LogP contribution in [-0.4, -0.2) is 35.7 Å². The van der Waals surface area contributed by atoms with E-state index in [1.54, 1.807) is 11.3 Å². The first kappa shape index (κ1) is 20.1. The molecule has 0 spiro atoms. The number of nitrogens with two attached hydrogens (primary N) is 1. The highest BCUT2D eigenvalue weighted by atomic mass is 35.5. The van der Waals surface area contributed by atoms with E-state index in [4.69, 9.17) is 5.73 Å². The number of amides is 1. The predicted molar refractivity (Wildman–Crippen MR) is 97.6 cm³/mol. The van der Waals surface area contributed by atoms with Crippen LogP contribution in [0.1, 0.15) is 52.7 Å². The summed E-state index contributed by atoms with van der Waals surface area (Å²) < 4.78 is 0. The zero-order valence-electron chi connectivity index (χ0n) is 14.1. The molecule has 2 N–H and O–H groups in total. The molecule has 1 atom stereocenters. The van der Waals surface area contributed by atoms with Crippen LogP contribution >= 0.6 is 23.7 Å².